The van der Waals surface area contributed by atoms with Crippen LogP contribution in [0.4, 0.5) is 0 Å². The smallest absolute Gasteiger partial charge is 0.0831 e. The monoisotopic (exact) mass is 261 g/mol. The summed E-state index contributed by atoms with van der Waals surface area (Å²) >= 11 is 5.11. The highest BCUT2D eigenvalue weighted by atomic mass is 79.9. The maximum absolute atomic E-state index is 10.1. The van der Waals surface area contributed by atoms with Gasteiger partial charge in [0.2, 0.25) is 0 Å². The van der Waals surface area contributed by atoms with Crippen LogP contribution < -0.4 is 5.32 Å². The number of halogens is 1. The molecular formula is C9H12BrNOS. The third-order valence-corrected chi connectivity index (χ3v) is 4.04. The van der Waals surface area contributed by atoms with Crippen molar-refractivity contribution in [3.63, 3.8) is 0 Å². The van der Waals surface area contributed by atoms with E-state index in [0.29, 0.717) is 0 Å². The highest BCUT2D eigenvalue weighted by Crippen LogP contribution is 2.26. The lowest BCUT2D eigenvalue weighted by Gasteiger charge is -2.19. The molecule has 2 heterocycles. The summed E-state index contributed by atoms with van der Waals surface area (Å²) in [5.74, 6) is 0. The van der Waals surface area contributed by atoms with Crippen LogP contribution in [0.1, 0.15) is 11.3 Å². The average Bonchev–Trinajstić information content (AvgIpc) is 2.62. The first kappa shape index (κ1) is 9.65. The highest BCUT2D eigenvalue weighted by molar-refractivity contribution is 9.10. The second kappa shape index (κ2) is 3.69. The summed E-state index contributed by atoms with van der Waals surface area (Å²) in [5.41, 5.74) is -0.510. The number of hydrogen-bond donors (Lipinski definition) is 2. The molecule has 0 bridgehead atoms. The SMILES string of the molecule is OC1(Cc2cc(Br)cs2)CCNC1. The highest BCUT2D eigenvalue weighted by Gasteiger charge is 2.31. The second-order valence-corrected chi connectivity index (χ2v) is 5.47. The van der Waals surface area contributed by atoms with E-state index in [1.54, 1.807) is 11.3 Å². The molecule has 1 aromatic rings. The van der Waals surface area contributed by atoms with Gasteiger partial charge in [0, 0.05) is 27.7 Å². The standard InChI is InChI=1S/C9H12BrNOS/c10-7-3-8(13-5-7)4-9(12)1-2-11-6-9/h3,5,11-12H,1-2,4,6H2. The van der Waals surface area contributed by atoms with Crippen LogP contribution in [0.3, 0.4) is 0 Å². The Bertz CT molecular complexity index is 294. The van der Waals surface area contributed by atoms with Crippen LogP contribution in [-0.2, 0) is 6.42 Å². The van der Waals surface area contributed by atoms with Gasteiger partial charge in [-0.2, -0.15) is 0 Å². The molecule has 0 spiro atoms. The van der Waals surface area contributed by atoms with E-state index in [1.165, 1.54) is 4.88 Å². The van der Waals surface area contributed by atoms with Gasteiger partial charge >= 0.3 is 0 Å². The third kappa shape index (κ3) is 2.31. The quantitative estimate of drug-likeness (QED) is 0.851. The summed E-state index contributed by atoms with van der Waals surface area (Å²) in [5, 5.41) is 15.3. The van der Waals surface area contributed by atoms with Gasteiger partial charge in [0.05, 0.1) is 5.60 Å². The van der Waals surface area contributed by atoms with Gasteiger partial charge in [-0.3, -0.25) is 0 Å². The Morgan fingerprint density at radius 1 is 1.69 bits per heavy atom. The molecular weight excluding hydrogens is 250 g/mol. The zero-order valence-electron chi connectivity index (χ0n) is 7.22. The summed E-state index contributed by atoms with van der Waals surface area (Å²) in [6, 6.07) is 2.08. The Labute approximate surface area is 90.1 Å². The first-order valence-electron chi connectivity index (χ1n) is 4.34. The van der Waals surface area contributed by atoms with E-state index in [1.807, 2.05) is 0 Å². The lowest BCUT2D eigenvalue weighted by atomic mass is 9.98. The van der Waals surface area contributed by atoms with Crippen molar-refractivity contribution in [2.75, 3.05) is 13.1 Å². The van der Waals surface area contributed by atoms with E-state index < -0.39 is 5.60 Å². The van der Waals surface area contributed by atoms with Crippen molar-refractivity contribution >= 4 is 27.3 Å². The van der Waals surface area contributed by atoms with Gasteiger partial charge in [-0.1, -0.05) is 0 Å². The Balaban J connectivity index is 2.04. The predicted octanol–water partition coefficient (Wildman–Crippen LogP) is 1.78. The van der Waals surface area contributed by atoms with E-state index in [-0.39, 0.29) is 0 Å². The fourth-order valence-electron chi connectivity index (χ4n) is 1.65. The average molecular weight is 262 g/mol. The van der Waals surface area contributed by atoms with Crippen LogP contribution in [0.5, 0.6) is 0 Å². The molecule has 13 heavy (non-hydrogen) atoms. The molecule has 1 aliphatic heterocycles. The Morgan fingerprint density at radius 2 is 2.54 bits per heavy atom. The molecule has 4 heteroatoms. The first-order valence-corrected chi connectivity index (χ1v) is 6.01. The lowest BCUT2D eigenvalue weighted by molar-refractivity contribution is 0.0627. The minimum absolute atomic E-state index is 0.510. The third-order valence-electron chi connectivity index (χ3n) is 2.35. The molecule has 1 atom stereocenters. The van der Waals surface area contributed by atoms with E-state index in [2.05, 4.69) is 32.7 Å². The Kier molecular flexibility index (Phi) is 2.74. The minimum atomic E-state index is -0.510. The lowest BCUT2D eigenvalue weighted by Crippen LogP contribution is -2.33. The normalized spacial score (nSPS) is 28.2. The maximum Gasteiger partial charge on any atom is 0.0831 e. The van der Waals surface area contributed by atoms with Crippen molar-refractivity contribution in [2.45, 2.75) is 18.4 Å². The van der Waals surface area contributed by atoms with Crippen molar-refractivity contribution in [3.05, 3.63) is 20.8 Å². The molecule has 2 nitrogen and oxygen atoms in total. The molecule has 0 radical (unpaired) electrons. The number of thiophene rings is 1. The predicted molar refractivity (Wildman–Crippen MR) is 58.2 cm³/mol. The Morgan fingerprint density at radius 3 is 3.08 bits per heavy atom. The van der Waals surface area contributed by atoms with Gasteiger partial charge in [-0.05, 0) is 35.0 Å². The maximum atomic E-state index is 10.1. The first-order chi connectivity index (χ1) is 6.18. The molecule has 0 aliphatic carbocycles. The number of rotatable bonds is 2. The van der Waals surface area contributed by atoms with E-state index in [9.17, 15) is 5.11 Å². The molecule has 1 fully saturated rings. The number of hydrogen-bond acceptors (Lipinski definition) is 3. The molecule has 0 amide bonds. The van der Waals surface area contributed by atoms with Crippen LogP contribution in [0.2, 0.25) is 0 Å². The van der Waals surface area contributed by atoms with Crippen LogP contribution in [0.25, 0.3) is 0 Å². The van der Waals surface area contributed by atoms with Gasteiger partial charge in [-0.25, -0.2) is 0 Å². The van der Waals surface area contributed by atoms with Gasteiger partial charge < -0.3 is 10.4 Å². The zero-order chi connectivity index (χ0) is 9.31. The van der Waals surface area contributed by atoms with Crippen molar-refractivity contribution in [2.24, 2.45) is 0 Å². The summed E-state index contributed by atoms with van der Waals surface area (Å²) in [4.78, 5) is 1.25. The zero-order valence-corrected chi connectivity index (χ0v) is 9.62. The molecule has 0 aromatic carbocycles. The van der Waals surface area contributed by atoms with Gasteiger partial charge in [0.1, 0.15) is 0 Å². The Hall–Kier alpha value is 0.1000. The van der Waals surface area contributed by atoms with Gasteiger partial charge in [0.15, 0.2) is 0 Å². The molecule has 0 saturated carbocycles. The van der Waals surface area contributed by atoms with Crippen molar-refractivity contribution in [3.8, 4) is 0 Å². The van der Waals surface area contributed by atoms with Crippen LogP contribution >= 0.6 is 27.3 Å². The molecule has 1 saturated heterocycles. The summed E-state index contributed by atoms with van der Waals surface area (Å²) < 4.78 is 1.11. The van der Waals surface area contributed by atoms with E-state index in [4.69, 9.17) is 0 Å². The molecule has 2 N–H and O–H groups in total. The minimum Gasteiger partial charge on any atom is -0.388 e. The fourth-order valence-corrected chi connectivity index (χ4v) is 3.24. The van der Waals surface area contributed by atoms with Gasteiger partial charge in [-0.15, -0.1) is 11.3 Å². The van der Waals surface area contributed by atoms with Gasteiger partial charge in [0.25, 0.3) is 0 Å². The van der Waals surface area contributed by atoms with E-state index in [0.717, 1.165) is 30.4 Å². The largest absolute Gasteiger partial charge is 0.388 e. The summed E-state index contributed by atoms with van der Waals surface area (Å²) in [6.45, 7) is 1.66. The van der Waals surface area contributed by atoms with Crippen LogP contribution in [0.15, 0.2) is 15.9 Å². The molecule has 1 aliphatic rings. The van der Waals surface area contributed by atoms with E-state index >= 15 is 0 Å². The van der Waals surface area contributed by atoms with Crippen molar-refractivity contribution < 1.29 is 5.11 Å². The number of aliphatic hydroxyl groups is 1. The fraction of sp³-hybridized carbons (Fsp3) is 0.556. The molecule has 2 rings (SSSR count). The van der Waals surface area contributed by atoms with Crippen LogP contribution in [-0.4, -0.2) is 23.8 Å². The molecule has 1 unspecified atom stereocenters. The van der Waals surface area contributed by atoms with Crippen LogP contribution in [0, 0.1) is 0 Å². The summed E-state index contributed by atoms with van der Waals surface area (Å²) in [6.07, 6.45) is 1.64. The number of nitrogens with one attached hydrogen (secondary N) is 1. The second-order valence-electron chi connectivity index (χ2n) is 3.56. The summed E-state index contributed by atoms with van der Waals surface area (Å²) in [7, 11) is 0. The molecule has 1 aromatic heterocycles. The number of β-amino-alcohol motifs (C(OH)–C–C–N with tert-alkyl or cyclic N) is 1. The van der Waals surface area contributed by atoms with Crippen molar-refractivity contribution in [1.29, 1.82) is 0 Å². The topological polar surface area (TPSA) is 32.3 Å². The van der Waals surface area contributed by atoms with Crippen molar-refractivity contribution in [1.82, 2.24) is 5.32 Å². The molecule has 72 valence electrons.